The Labute approximate surface area is 172 Å². The van der Waals surface area contributed by atoms with E-state index in [0.717, 1.165) is 12.1 Å². The average Bonchev–Trinajstić information content (AvgIpc) is 3.16. The van der Waals surface area contributed by atoms with Crippen LogP contribution in [0.2, 0.25) is 0 Å². The molecule has 1 aromatic heterocycles. The zero-order chi connectivity index (χ0) is 22.1. The first-order chi connectivity index (χ1) is 13.9. The summed E-state index contributed by atoms with van der Waals surface area (Å²) in [6.45, 7) is 9.50. The van der Waals surface area contributed by atoms with E-state index < -0.39 is 17.3 Å². The van der Waals surface area contributed by atoms with Crippen molar-refractivity contribution in [3.8, 4) is 11.4 Å². The lowest BCUT2D eigenvalue weighted by Crippen LogP contribution is -2.50. The van der Waals surface area contributed by atoms with Gasteiger partial charge in [-0.05, 0) is 39.8 Å². The van der Waals surface area contributed by atoms with Gasteiger partial charge in [-0.2, -0.15) is 18.2 Å². The summed E-state index contributed by atoms with van der Waals surface area (Å²) in [6, 6.07) is 4.58. The molecule has 30 heavy (non-hydrogen) atoms. The summed E-state index contributed by atoms with van der Waals surface area (Å²) < 4.78 is 49.5. The molecular formula is C20H25F3N4O3. The zero-order valence-corrected chi connectivity index (χ0v) is 17.4. The van der Waals surface area contributed by atoms with Gasteiger partial charge in [-0.15, -0.1) is 0 Å². The third kappa shape index (κ3) is 5.29. The van der Waals surface area contributed by atoms with Crippen LogP contribution in [-0.2, 0) is 10.9 Å². The van der Waals surface area contributed by atoms with E-state index in [9.17, 15) is 18.0 Å². The van der Waals surface area contributed by atoms with Gasteiger partial charge in [0.2, 0.25) is 11.7 Å². The molecule has 164 valence electrons. The molecule has 1 aliphatic heterocycles. The number of benzene rings is 1. The van der Waals surface area contributed by atoms with Crippen LogP contribution in [0.4, 0.5) is 18.0 Å². The molecule has 1 unspecified atom stereocenters. The highest BCUT2D eigenvalue weighted by Crippen LogP contribution is 2.32. The summed E-state index contributed by atoms with van der Waals surface area (Å²) in [4.78, 5) is 20.2. The van der Waals surface area contributed by atoms with Gasteiger partial charge in [0.1, 0.15) is 5.60 Å². The molecule has 0 aliphatic carbocycles. The van der Waals surface area contributed by atoms with Gasteiger partial charge in [-0.3, -0.25) is 4.90 Å². The SMILES string of the molecule is CC(c1nc(-c2cccc(C(F)(F)F)c2)no1)N1CCN(C(=O)OC(C)(C)C)CC1. The minimum absolute atomic E-state index is 0.107. The van der Waals surface area contributed by atoms with Gasteiger partial charge in [0.25, 0.3) is 0 Å². The van der Waals surface area contributed by atoms with Gasteiger partial charge < -0.3 is 14.2 Å². The van der Waals surface area contributed by atoms with Gasteiger partial charge in [-0.1, -0.05) is 17.3 Å². The second-order valence-electron chi connectivity index (χ2n) is 8.21. The number of hydrogen-bond acceptors (Lipinski definition) is 6. The van der Waals surface area contributed by atoms with Crippen LogP contribution in [0.15, 0.2) is 28.8 Å². The molecule has 0 spiro atoms. The molecule has 0 radical (unpaired) electrons. The monoisotopic (exact) mass is 426 g/mol. The van der Waals surface area contributed by atoms with Crippen molar-refractivity contribution >= 4 is 6.09 Å². The first-order valence-electron chi connectivity index (χ1n) is 9.67. The fraction of sp³-hybridized carbons (Fsp3) is 0.550. The maximum Gasteiger partial charge on any atom is 0.416 e. The number of halogens is 3. The smallest absolute Gasteiger partial charge is 0.416 e. The van der Waals surface area contributed by atoms with Gasteiger partial charge in [-0.25, -0.2) is 4.79 Å². The summed E-state index contributed by atoms with van der Waals surface area (Å²) in [6.07, 6.45) is -4.79. The number of piperazine rings is 1. The Morgan fingerprint density at radius 1 is 1.17 bits per heavy atom. The summed E-state index contributed by atoms with van der Waals surface area (Å²) >= 11 is 0. The molecule has 1 amide bonds. The minimum Gasteiger partial charge on any atom is -0.444 e. The van der Waals surface area contributed by atoms with Crippen LogP contribution in [0.1, 0.15) is 45.2 Å². The fourth-order valence-corrected chi connectivity index (χ4v) is 3.13. The Bertz CT molecular complexity index is 884. The van der Waals surface area contributed by atoms with Crippen molar-refractivity contribution in [3.05, 3.63) is 35.7 Å². The largest absolute Gasteiger partial charge is 0.444 e. The number of amides is 1. The lowest BCUT2D eigenvalue weighted by molar-refractivity contribution is -0.137. The Balaban J connectivity index is 1.64. The lowest BCUT2D eigenvalue weighted by Gasteiger charge is -2.37. The number of nitrogens with zero attached hydrogens (tertiary/aromatic N) is 4. The van der Waals surface area contributed by atoms with Crippen molar-refractivity contribution < 1.29 is 27.2 Å². The molecule has 1 saturated heterocycles. The van der Waals surface area contributed by atoms with Crippen LogP contribution >= 0.6 is 0 Å². The number of ether oxygens (including phenoxy) is 1. The quantitative estimate of drug-likeness (QED) is 0.726. The van der Waals surface area contributed by atoms with E-state index in [1.54, 1.807) is 4.90 Å². The highest BCUT2D eigenvalue weighted by Gasteiger charge is 2.32. The Hall–Kier alpha value is -2.62. The number of hydrogen-bond donors (Lipinski definition) is 0. The van der Waals surface area contributed by atoms with Crippen molar-refractivity contribution in [2.75, 3.05) is 26.2 Å². The van der Waals surface area contributed by atoms with Crippen LogP contribution < -0.4 is 0 Å². The molecule has 1 aliphatic rings. The molecule has 10 heteroatoms. The van der Waals surface area contributed by atoms with Crippen molar-refractivity contribution in [3.63, 3.8) is 0 Å². The predicted molar refractivity (Wildman–Crippen MR) is 103 cm³/mol. The summed E-state index contributed by atoms with van der Waals surface area (Å²) in [5.74, 6) is 0.420. The molecule has 0 N–H and O–H groups in total. The van der Waals surface area contributed by atoms with Crippen molar-refractivity contribution in [1.29, 1.82) is 0 Å². The maximum atomic E-state index is 12.9. The molecule has 1 fully saturated rings. The Morgan fingerprint density at radius 2 is 1.83 bits per heavy atom. The Kier molecular flexibility index (Phi) is 6.07. The fourth-order valence-electron chi connectivity index (χ4n) is 3.13. The molecule has 0 saturated carbocycles. The molecular weight excluding hydrogens is 401 g/mol. The van der Waals surface area contributed by atoms with Gasteiger partial charge in [0.15, 0.2) is 0 Å². The maximum absolute atomic E-state index is 12.9. The number of alkyl halides is 3. The molecule has 2 aromatic rings. The normalized spacial score (nSPS) is 17.1. The molecule has 7 nitrogen and oxygen atoms in total. The van der Waals surface area contributed by atoms with Crippen molar-refractivity contribution in [1.82, 2.24) is 19.9 Å². The van der Waals surface area contributed by atoms with E-state index in [2.05, 4.69) is 15.0 Å². The molecule has 0 bridgehead atoms. The second-order valence-corrected chi connectivity index (χ2v) is 8.21. The van der Waals surface area contributed by atoms with Gasteiger partial charge in [0, 0.05) is 31.7 Å². The van der Waals surface area contributed by atoms with Gasteiger partial charge >= 0.3 is 12.3 Å². The number of rotatable bonds is 3. The predicted octanol–water partition coefficient (Wildman–Crippen LogP) is 4.37. The van der Waals surface area contributed by atoms with E-state index in [0.29, 0.717) is 32.1 Å². The summed E-state index contributed by atoms with van der Waals surface area (Å²) in [5.41, 5.74) is -1.08. The van der Waals surface area contributed by atoms with Crippen LogP contribution in [0.5, 0.6) is 0 Å². The standard InChI is InChI=1S/C20H25F3N4O3/c1-13(26-8-10-27(11-9-26)18(28)29-19(2,3)4)17-24-16(25-30-17)14-6-5-7-15(12-14)20(21,22)23/h5-7,12-13H,8-11H2,1-4H3. The highest BCUT2D eigenvalue weighted by molar-refractivity contribution is 5.68. The lowest BCUT2D eigenvalue weighted by atomic mass is 10.1. The molecule has 1 atom stereocenters. The number of carbonyl (C=O) groups excluding carboxylic acids is 1. The molecule has 2 heterocycles. The van der Waals surface area contributed by atoms with Crippen LogP contribution in [0.3, 0.4) is 0 Å². The summed E-state index contributed by atoms with van der Waals surface area (Å²) in [7, 11) is 0. The van der Waals surface area contributed by atoms with Crippen molar-refractivity contribution in [2.45, 2.75) is 45.5 Å². The van der Waals surface area contributed by atoms with E-state index >= 15 is 0 Å². The first-order valence-corrected chi connectivity index (χ1v) is 9.67. The average molecular weight is 426 g/mol. The van der Waals surface area contributed by atoms with E-state index in [1.165, 1.54) is 12.1 Å². The zero-order valence-electron chi connectivity index (χ0n) is 17.4. The molecule has 1 aromatic carbocycles. The third-order valence-electron chi connectivity index (χ3n) is 4.76. The minimum atomic E-state index is -4.44. The highest BCUT2D eigenvalue weighted by atomic mass is 19.4. The second kappa shape index (κ2) is 8.25. The van der Waals surface area contributed by atoms with E-state index in [-0.39, 0.29) is 23.5 Å². The van der Waals surface area contributed by atoms with Crippen LogP contribution in [-0.4, -0.2) is 57.8 Å². The van der Waals surface area contributed by atoms with Crippen LogP contribution in [0, 0.1) is 0 Å². The Morgan fingerprint density at radius 3 is 2.43 bits per heavy atom. The number of carbonyl (C=O) groups is 1. The van der Waals surface area contributed by atoms with Crippen molar-refractivity contribution in [2.24, 2.45) is 0 Å². The topological polar surface area (TPSA) is 71.7 Å². The number of aromatic nitrogens is 2. The van der Waals surface area contributed by atoms with Crippen LogP contribution in [0.25, 0.3) is 11.4 Å². The molecule has 3 rings (SSSR count). The van der Waals surface area contributed by atoms with E-state index in [4.69, 9.17) is 9.26 Å². The first kappa shape index (κ1) is 22.1. The van der Waals surface area contributed by atoms with E-state index in [1.807, 2.05) is 27.7 Å². The third-order valence-corrected chi connectivity index (χ3v) is 4.76. The summed E-state index contributed by atoms with van der Waals surface area (Å²) in [5, 5.41) is 3.84. The van der Waals surface area contributed by atoms with Gasteiger partial charge in [0.05, 0.1) is 11.6 Å².